The van der Waals surface area contributed by atoms with Crippen LogP contribution in [0.15, 0.2) is 60.7 Å². The molecule has 0 aliphatic heterocycles. The Hall–Kier alpha value is -2.87. The van der Waals surface area contributed by atoms with Crippen LogP contribution in [0.3, 0.4) is 0 Å². The number of benzene rings is 2. The molecule has 0 saturated carbocycles. The lowest BCUT2D eigenvalue weighted by Crippen LogP contribution is -2.40. The molecule has 0 fully saturated rings. The fraction of sp³-hybridized carbons (Fsp3) is 0.176. The summed E-state index contributed by atoms with van der Waals surface area (Å²) in [5.41, 5.74) is 1.35. The molecule has 0 unspecified atom stereocenters. The normalized spacial score (nSPS) is 10.7. The average Bonchev–Trinajstić information content (AvgIpc) is 2.59. The van der Waals surface area contributed by atoms with E-state index in [4.69, 9.17) is 4.74 Å². The molecule has 0 atom stereocenters. The predicted octanol–water partition coefficient (Wildman–Crippen LogP) is 1.56. The van der Waals surface area contributed by atoms with Gasteiger partial charge < -0.3 is 10.1 Å². The van der Waals surface area contributed by atoms with Gasteiger partial charge in [-0.3, -0.25) is 9.52 Å². The highest BCUT2D eigenvalue weighted by Crippen LogP contribution is 2.04. The van der Waals surface area contributed by atoms with Crippen molar-refractivity contribution in [3.8, 4) is 0 Å². The largest absolute Gasteiger partial charge is 0.445 e. The number of rotatable bonds is 7. The maximum atomic E-state index is 11.9. The van der Waals surface area contributed by atoms with Crippen molar-refractivity contribution in [2.75, 3.05) is 6.54 Å². The monoisotopic (exact) mass is 362 g/mol. The van der Waals surface area contributed by atoms with Crippen molar-refractivity contribution >= 4 is 22.0 Å². The summed E-state index contributed by atoms with van der Waals surface area (Å²) in [5.74, 6) is -1.16. The van der Waals surface area contributed by atoms with Gasteiger partial charge in [-0.15, -0.1) is 0 Å². The fourth-order valence-electron chi connectivity index (χ4n) is 1.97. The van der Waals surface area contributed by atoms with Gasteiger partial charge in [-0.2, -0.15) is 0 Å². The molecule has 132 valence electrons. The van der Waals surface area contributed by atoms with Gasteiger partial charge in [0.15, 0.2) is 0 Å². The highest BCUT2D eigenvalue weighted by molar-refractivity contribution is 7.89. The maximum absolute atomic E-state index is 11.9. The van der Waals surface area contributed by atoms with Crippen LogP contribution in [-0.4, -0.2) is 27.0 Å². The molecule has 0 aromatic heterocycles. The van der Waals surface area contributed by atoms with Gasteiger partial charge in [0.1, 0.15) is 13.2 Å². The van der Waals surface area contributed by atoms with E-state index in [2.05, 4.69) is 5.32 Å². The fourth-order valence-corrected chi connectivity index (χ4v) is 3.09. The molecule has 0 saturated heterocycles. The SMILES string of the molecule is O=C(CNC(=O)OCc1ccccc1)NS(=O)(=O)Cc1ccccc1. The number of amides is 2. The van der Waals surface area contributed by atoms with E-state index in [9.17, 15) is 18.0 Å². The van der Waals surface area contributed by atoms with Crippen LogP contribution >= 0.6 is 0 Å². The number of nitrogens with one attached hydrogen (secondary N) is 2. The van der Waals surface area contributed by atoms with Gasteiger partial charge in [0.25, 0.3) is 5.91 Å². The number of alkyl carbamates (subject to hydrolysis) is 1. The standard InChI is InChI=1S/C17H18N2O5S/c20-16(19-25(22,23)13-15-9-5-2-6-10-15)11-18-17(21)24-12-14-7-3-1-4-8-14/h1-10H,11-13H2,(H,18,21)(H,19,20). The molecule has 2 aromatic carbocycles. The second-order valence-corrected chi connectivity index (χ2v) is 6.91. The summed E-state index contributed by atoms with van der Waals surface area (Å²) in [5, 5.41) is 2.20. The molecular formula is C17H18N2O5S. The van der Waals surface area contributed by atoms with Crippen molar-refractivity contribution < 1.29 is 22.7 Å². The Morgan fingerprint density at radius 1 is 0.880 bits per heavy atom. The maximum Gasteiger partial charge on any atom is 0.407 e. The van der Waals surface area contributed by atoms with E-state index in [-0.39, 0.29) is 12.4 Å². The van der Waals surface area contributed by atoms with Crippen LogP contribution in [0.25, 0.3) is 0 Å². The van der Waals surface area contributed by atoms with E-state index in [0.717, 1.165) is 5.56 Å². The minimum Gasteiger partial charge on any atom is -0.445 e. The van der Waals surface area contributed by atoms with Crippen molar-refractivity contribution in [2.45, 2.75) is 12.4 Å². The van der Waals surface area contributed by atoms with Crippen molar-refractivity contribution in [1.82, 2.24) is 10.0 Å². The third kappa shape index (κ3) is 7.05. The van der Waals surface area contributed by atoms with Crippen LogP contribution in [0, 0.1) is 0 Å². The molecule has 2 rings (SSSR count). The highest BCUT2D eigenvalue weighted by atomic mass is 32.2. The lowest BCUT2D eigenvalue weighted by molar-refractivity contribution is -0.118. The Morgan fingerprint density at radius 2 is 1.44 bits per heavy atom. The first-order chi connectivity index (χ1) is 11.9. The number of hydrogen-bond donors (Lipinski definition) is 2. The van der Waals surface area contributed by atoms with Gasteiger partial charge in [0.05, 0.1) is 5.75 Å². The quantitative estimate of drug-likeness (QED) is 0.778. The van der Waals surface area contributed by atoms with Crippen LogP contribution in [0.2, 0.25) is 0 Å². The number of sulfonamides is 1. The molecule has 2 aromatic rings. The molecule has 0 radical (unpaired) electrons. The van der Waals surface area contributed by atoms with Gasteiger partial charge in [0.2, 0.25) is 10.0 Å². The Morgan fingerprint density at radius 3 is 2.04 bits per heavy atom. The molecular weight excluding hydrogens is 344 g/mol. The molecule has 0 spiro atoms. The van der Waals surface area contributed by atoms with E-state index in [1.807, 2.05) is 22.9 Å². The zero-order valence-corrected chi connectivity index (χ0v) is 14.2. The van der Waals surface area contributed by atoms with E-state index in [1.165, 1.54) is 0 Å². The van der Waals surface area contributed by atoms with E-state index >= 15 is 0 Å². The average molecular weight is 362 g/mol. The van der Waals surface area contributed by atoms with E-state index in [1.54, 1.807) is 42.5 Å². The lowest BCUT2D eigenvalue weighted by Gasteiger charge is -2.09. The molecule has 0 bridgehead atoms. The van der Waals surface area contributed by atoms with Crippen LogP contribution < -0.4 is 10.0 Å². The zero-order chi connectivity index (χ0) is 18.1. The molecule has 2 N–H and O–H groups in total. The molecule has 25 heavy (non-hydrogen) atoms. The van der Waals surface area contributed by atoms with Crippen LogP contribution in [0.1, 0.15) is 11.1 Å². The third-order valence-electron chi connectivity index (χ3n) is 3.07. The van der Waals surface area contributed by atoms with Crippen molar-refractivity contribution in [2.24, 2.45) is 0 Å². The van der Waals surface area contributed by atoms with Gasteiger partial charge in [-0.25, -0.2) is 13.2 Å². The summed E-state index contributed by atoms with van der Waals surface area (Å²) < 4.78 is 30.6. The molecule has 0 heterocycles. The number of ether oxygens (including phenoxy) is 1. The van der Waals surface area contributed by atoms with Gasteiger partial charge in [-0.05, 0) is 11.1 Å². The van der Waals surface area contributed by atoms with Crippen LogP contribution in [0.5, 0.6) is 0 Å². The summed E-state index contributed by atoms with van der Waals surface area (Å²) in [7, 11) is -3.83. The summed E-state index contributed by atoms with van der Waals surface area (Å²) in [6.07, 6.45) is -0.806. The Bertz CT molecular complexity index is 807. The Kier molecular flexibility index (Phi) is 6.53. The van der Waals surface area contributed by atoms with Crippen molar-refractivity contribution in [3.05, 3.63) is 71.8 Å². The zero-order valence-electron chi connectivity index (χ0n) is 13.3. The number of carbonyl (C=O) groups excluding carboxylic acids is 2. The smallest absolute Gasteiger partial charge is 0.407 e. The highest BCUT2D eigenvalue weighted by Gasteiger charge is 2.16. The molecule has 2 amide bonds. The van der Waals surface area contributed by atoms with E-state index in [0.29, 0.717) is 5.56 Å². The summed E-state index contributed by atoms with van der Waals surface area (Å²) >= 11 is 0. The molecule has 7 nitrogen and oxygen atoms in total. The molecule has 0 aliphatic rings. The molecule has 0 aliphatic carbocycles. The van der Waals surface area contributed by atoms with E-state index < -0.39 is 28.6 Å². The topological polar surface area (TPSA) is 102 Å². The first kappa shape index (κ1) is 18.5. The Balaban J connectivity index is 1.73. The number of carbonyl (C=O) groups is 2. The summed E-state index contributed by atoms with van der Waals surface area (Å²) in [6.45, 7) is -0.442. The van der Waals surface area contributed by atoms with Crippen LogP contribution in [-0.2, 0) is 31.9 Å². The number of hydrogen-bond acceptors (Lipinski definition) is 5. The minimum atomic E-state index is -3.83. The van der Waals surface area contributed by atoms with Crippen molar-refractivity contribution in [3.63, 3.8) is 0 Å². The lowest BCUT2D eigenvalue weighted by atomic mass is 10.2. The second kappa shape index (κ2) is 8.84. The van der Waals surface area contributed by atoms with Crippen LogP contribution in [0.4, 0.5) is 4.79 Å². The van der Waals surface area contributed by atoms with Crippen molar-refractivity contribution in [1.29, 1.82) is 0 Å². The first-order valence-electron chi connectivity index (χ1n) is 7.46. The summed E-state index contributed by atoms with van der Waals surface area (Å²) in [6, 6.07) is 17.5. The third-order valence-corrected chi connectivity index (χ3v) is 4.33. The Labute approximate surface area is 146 Å². The molecule has 8 heteroatoms. The van der Waals surface area contributed by atoms with Gasteiger partial charge in [-0.1, -0.05) is 60.7 Å². The second-order valence-electron chi connectivity index (χ2n) is 5.19. The minimum absolute atomic E-state index is 0.0561. The van der Waals surface area contributed by atoms with Gasteiger partial charge in [0, 0.05) is 0 Å². The predicted molar refractivity (Wildman–Crippen MR) is 91.8 cm³/mol. The van der Waals surface area contributed by atoms with Gasteiger partial charge >= 0.3 is 6.09 Å². The summed E-state index contributed by atoms with van der Waals surface area (Å²) in [4.78, 5) is 23.2. The first-order valence-corrected chi connectivity index (χ1v) is 9.12.